The SMILES string of the molecule is COc1c(CNCC2CCC(Nc3nc4c(c(N(C)C)n3)C=CC=CC4)CC2)cc(C(C)(C)C)cc1C(C)(C)C. The zero-order valence-electron chi connectivity index (χ0n) is 26.3. The van der Waals surface area contributed by atoms with Crippen LogP contribution in [0.25, 0.3) is 6.08 Å². The number of fused-ring (bicyclic) bond motifs is 1. The Bertz CT molecular complexity index is 1220. The highest BCUT2D eigenvalue weighted by atomic mass is 16.5. The first-order valence-corrected chi connectivity index (χ1v) is 15.0. The van der Waals surface area contributed by atoms with Gasteiger partial charge in [-0.25, -0.2) is 4.98 Å². The first-order chi connectivity index (χ1) is 18.9. The third-order valence-corrected chi connectivity index (χ3v) is 8.22. The van der Waals surface area contributed by atoms with Crippen molar-refractivity contribution in [3.63, 3.8) is 0 Å². The van der Waals surface area contributed by atoms with E-state index in [1.165, 1.54) is 29.5 Å². The summed E-state index contributed by atoms with van der Waals surface area (Å²) in [5, 5.41) is 7.46. The molecule has 1 aromatic carbocycles. The molecule has 0 radical (unpaired) electrons. The summed E-state index contributed by atoms with van der Waals surface area (Å²) in [5.74, 6) is 3.45. The Morgan fingerprint density at radius 3 is 2.30 bits per heavy atom. The zero-order valence-corrected chi connectivity index (χ0v) is 26.3. The standard InChI is InChI=1S/C34H51N5O/c1-33(2,3)25-19-24(30(40-9)28(20-25)34(4,5)6)22-35-21-23-15-17-26(18-16-23)36-32-37-29-14-12-10-11-13-27(29)31(38-32)39(7)8/h10-13,19-20,23,26,35H,14-18,21-22H2,1-9H3,(H,36,37,38). The maximum absolute atomic E-state index is 5.98. The van der Waals surface area contributed by atoms with Crippen molar-refractivity contribution < 1.29 is 4.74 Å². The van der Waals surface area contributed by atoms with E-state index in [0.29, 0.717) is 12.0 Å². The Kier molecular flexibility index (Phi) is 9.29. The Hall–Kier alpha value is -2.86. The Balaban J connectivity index is 1.36. The number of aromatic nitrogens is 2. The van der Waals surface area contributed by atoms with Crippen molar-refractivity contribution in [1.82, 2.24) is 15.3 Å². The fourth-order valence-corrected chi connectivity index (χ4v) is 5.80. The van der Waals surface area contributed by atoms with Crippen LogP contribution < -0.4 is 20.3 Å². The van der Waals surface area contributed by atoms with Crippen LogP contribution in [-0.4, -0.2) is 43.8 Å². The topological polar surface area (TPSA) is 62.3 Å². The molecule has 4 rings (SSSR count). The summed E-state index contributed by atoms with van der Waals surface area (Å²) in [7, 11) is 5.91. The van der Waals surface area contributed by atoms with Crippen LogP contribution in [0.3, 0.4) is 0 Å². The second-order valence-electron chi connectivity index (χ2n) is 13.8. The number of nitrogens with zero attached hydrogens (tertiary/aromatic N) is 3. The van der Waals surface area contributed by atoms with Gasteiger partial charge in [-0.2, -0.15) is 4.98 Å². The molecule has 0 amide bonds. The van der Waals surface area contributed by atoms with Crippen molar-refractivity contribution in [2.45, 2.75) is 97.1 Å². The molecule has 1 fully saturated rings. The molecule has 1 saturated carbocycles. The number of benzene rings is 1. The van der Waals surface area contributed by atoms with E-state index in [0.717, 1.165) is 61.1 Å². The Morgan fingerprint density at radius 1 is 0.950 bits per heavy atom. The van der Waals surface area contributed by atoms with Crippen molar-refractivity contribution in [3.05, 3.63) is 58.3 Å². The van der Waals surface area contributed by atoms with Crippen molar-refractivity contribution in [2.75, 3.05) is 38.0 Å². The molecule has 0 atom stereocenters. The average molecular weight is 546 g/mol. The highest BCUT2D eigenvalue weighted by Gasteiger charge is 2.27. The van der Waals surface area contributed by atoms with Gasteiger partial charge in [0.1, 0.15) is 11.6 Å². The molecule has 0 unspecified atom stereocenters. The lowest BCUT2D eigenvalue weighted by Crippen LogP contribution is -2.32. The van der Waals surface area contributed by atoms with E-state index in [1.54, 1.807) is 0 Å². The highest BCUT2D eigenvalue weighted by Crippen LogP contribution is 2.38. The smallest absolute Gasteiger partial charge is 0.225 e. The molecular weight excluding hydrogens is 494 g/mol. The zero-order chi connectivity index (χ0) is 29.1. The molecular formula is C34H51N5O. The second kappa shape index (κ2) is 12.3. The second-order valence-corrected chi connectivity index (χ2v) is 13.8. The molecule has 0 aliphatic heterocycles. The van der Waals surface area contributed by atoms with E-state index in [2.05, 4.69) is 108 Å². The maximum Gasteiger partial charge on any atom is 0.225 e. The summed E-state index contributed by atoms with van der Waals surface area (Å²) in [6.07, 6.45) is 14.0. The van der Waals surface area contributed by atoms with E-state index >= 15 is 0 Å². The Labute approximate surface area is 242 Å². The number of hydrogen-bond acceptors (Lipinski definition) is 6. The largest absolute Gasteiger partial charge is 0.496 e. The van der Waals surface area contributed by atoms with Crippen LogP contribution in [0.2, 0.25) is 0 Å². The number of ether oxygens (including phenoxy) is 1. The fraction of sp³-hybridized carbons (Fsp3) is 0.588. The molecule has 1 heterocycles. The van der Waals surface area contributed by atoms with Gasteiger partial charge in [0.2, 0.25) is 5.95 Å². The minimum atomic E-state index is 0.0223. The summed E-state index contributed by atoms with van der Waals surface area (Å²) < 4.78 is 5.98. The minimum absolute atomic E-state index is 0.0223. The molecule has 2 aromatic rings. The number of nitrogens with one attached hydrogen (secondary N) is 2. The molecule has 2 aliphatic carbocycles. The quantitative estimate of drug-likeness (QED) is 0.371. The third-order valence-electron chi connectivity index (χ3n) is 8.22. The number of rotatable bonds is 8. The number of hydrogen-bond donors (Lipinski definition) is 2. The van der Waals surface area contributed by atoms with Crippen molar-refractivity contribution in [3.8, 4) is 5.75 Å². The van der Waals surface area contributed by atoms with Crippen LogP contribution in [-0.2, 0) is 23.8 Å². The van der Waals surface area contributed by atoms with Crippen LogP contribution in [0.5, 0.6) is 5.75 Å². The highest BCUT2D eigenvalue weighted by molar-refractivity contribution is 5.69. The van der Waals surface area contributed by atoms with Crippen molar-refractivity contribution in [2.24, 2.45) is 5.92 Å². The lowest BCUT2D eigenvalue weighted by atomic mass is 9.79. The molecule has 40 heavy (non-hydrogen) atoms. The molecule has 0 saturated heterocycles. The van der Waals surface area contributed by atoms with Crippen LogP contribution in [0, 0.1) is 5.92 Å². The molecule has 2 aliphatic rings. The minimum Gasteiger partial charge on any atom is -0.496 e. The predicted octanol–water partition coefficient (Wildman–Crippen LogP) is 7.03. The maximum atomic E-state index is 5.98. The van der Waals surface area contributed by atoms with Gasteiger partial charge in [0.05, 0.1) is 12.8 Å². The summed E-state index contributed by atoms with van der Waals surface area (Å²) in [6.45, 7) is 15.5. The van der Waals surface area contributed by atoms with Crippen molar-refractivity contribution in [1.29, 1.82) is 0 Å². The van der Waals surface area contributed by atoms with E-state index in [4.69, 9.17) is 14.7 Å². The molecule has 6 nitrogen and oxygen atoms in total. The van der Waals surface area contributed by atoms with E-state index < -0.39 is 0 Å². The molecule has 218 valence electrons. The molecule has 0 bridgehead atoms. The van der Waals surface area contributed by atoms with E-state index in [9.17, 15) is 0 Å². The van der Waals surface area contributed by atoms with Gasteiger partial charge in [-0.05, 0) is 60.6 Å². The van der Waals surface area contributed by atoms with Gasteiger partial charge < -0.3 is 20.3 Å². The lowest BCUT2D eigenvalue weighted by Gasteiger charge is -2.31. The lowest BCUT2D eigenvalue weighted by molar-refractivity contribution is 0.322. The fourth-order valence-electron chi connectivity index (χ4n) is 5.80. The summed E-state index contributed by atoms with van der Waals surface area (Å²) in [5.41, 5.74) is 6.24. The number of allylic oxidation sites excluding steroid dienone is 3. The van der Waals surface area contributed by atoms with Gasteiger partial charge in [-0.3, -0.25) is 0 Å². The van der Waals surface area contributed by atoms with Crippen LogP contribution in [0.4, 0.5) is 11.8 Å². The average Bonchev–Trinajstić information content (AvgIpc) is 3.13. The first-order valence-electron chi connectivity index (χ1n) is 15.0. The van der Waals surface area contributed by atoms with Gasteiger partial charge in [-0.15, -0.1) is 0 Å². The van der Waals surface area contributed by atoms with E-state index in [1.807, 2.05) is 7.11 Å². The first kappa shape index (κ1) is 30.1. The summed E-state index contributed by atoms with van der Waals surface area (Å²) >= 11 is 0. The van der Waals surface area contributed by atoms with Gasteiger partial charge in [-0.1, -0.05) is 71.9 Å². The van der Waals surface area contributed by atoms with Gasteiger partial charge >= 0.3 is 0 Å². The van der Waals surface area contributed by atoms with E-state index in [-0.39, 0.29) is 10.8 Å². The van der Waals surface area contributed by atoms with Gasteiger partial charge in [0, 0.05) is 49.8 Å². The third kappa shape index (κ3) is 7.25. The normalized spacial score (nSPS) is 19.2. The van der Waals surface area contributed by atoms with Crippen molar-refractivity contribution >= 4 is 17.8 Å². The summed E-state index contributed by atoms with van der Waals surface area (Å²) in [6, 6.07) is 5.11. The van der Waals surface area contributed by atoms with Gasteiger partial charge in [0.25, 0.3) is 0 Å². The van der Waals surface area contributed by atoms with Crippen LogP contribution in [0.15, 0.2) is 30.4 Å². The molecule has 0 spiro atoms. The van der Waals surface area contributed by atoms with Gasteiger partial charge in [0.15, 0.2) is 0 Å². The van der Waals surface area contributed by atoms with Crippen LogP contribution >= 0.6 is 0 Å². The van der Waals surface area contributed by atoms with Crippen LogP contribution in [0.1, 0.15) is 95.2 Å². The number of anilines is 2. The Morgan fingerprint density at radius 2 is 1.68 bits per heavy atom. The monoisotopic (exact) mass is 545 g/mol. The summed E-state index contributed by atoms with van der Waals surface area (Å²) in [4.78, 5) is 11.9. The molecule has 1 aromatic heterocycles. The molecule has 2 N–H and O–H groups in total. The molecule has 6 heteroatoms. The predicted molar refractivity (Wildman–Crippen MR) is 170 cm³/mol. The number of methoxy groups -OCH3 is 1.